The van der Waals surface area contributed by atoms with E-state index in [0.29, 0.717) is 0 Å². The van der Waals surface area contributed by atoms with E-state index >= 15 is 0 Å². The van der Waals surface area contributed by atoms with Gasteiger partial charge >= 0.3 is 0 Å². The predicted molar refractivity (Wildman–Crippen MR) is 72.1 cm³/mol. The molecule has 0 spiro atoms. The number of rotatable bonds is 4. The maximum atomic E-state index is 5.79. The van der Waals surface area contributed by atoms with Gasteiger partial charge in [0, 0.05) is 6.04 Å². The van der Waals surface area contributed by atoms with Crippen molar-refractivity contribution in [3.05, 3.63) is 54.1 Å². The summed E-state index contributed by atoms with van der Waals surface area (Å²) in [6, 6.07) is 15.3. The van der Waals surface area contributed by atoms with E-state index in [2.05, 4.69) is 0 Å². The molecule has 0 aliphatic carbocycles. The number of nitrogens with two attached hydrogens (primary N) is 1. The summed E-state index contributed by atoms with van der Waals surface area (Å²) in [6.07, 6.45) is 0. The van der Waals surface area contributed by atoms with Crippen molar-refractivity contribution in [2.24, 2.45) is 5.73 Å². The molecule has 2 aromatic rings. The van der Waals surface area contributed by atoms with E-state index < -0.39 is 0 Å². The SMILES string of the molecule is COc1ccc(Oc2ccc([C@@H](C)N)cc2)cc1. The predicted octanol–water partition coefficient (Wildman–Crippen LogP) is 3.51. The van der Waals surface area contributed by atoms with Gasteiger partial charge in [0.15, 0.2) is 0 Å². The van der Waals surface area contributed by atoms with E-state index in [9.17, 15) is 0 Å². The molecule has 0 aliphatic rings. The third kappa shape index (κ3) is 3.02. The Morgan fingerprint density at radius 2 is 1.28 bits per heavy atom. The quantitative estimate of drug-likeness (QED) is 0.893. The van der Waals surface area contributed by atoms with E-state index in [4.69, 9.17) is 15.2 Å². The van der Waals surface area contributed by atoms with Crippen LogP contribution in [-0.4, -0.2) is 7.11 Å². The highest BCUT2D eigenvalue weighted by Gasteiger charge is 2.01. The minimum atomic E-state index is 0.0417. The fourth-order valence-electron chi connectivity index (χ4n) is 1.62. The second-order valence-electron chi connectivity index (χ2n) is 4.14. The van der Waals surface area contributed by atoms with Gasteiger partial charge < -0.3 is 15.2 Å². The van der Waals surface area contributed by atoms with Gasteiger partial charge in [0.05, 0.1) is 7.11 Å². The summed E-state index contributed by atoms with van der Waals surface area (Å²) in [4.78, 5) is 0. The normalized spacial score (nSPS) is 11.9. The fourth-order valence-corrected chi connectivity index (χ4v) is 1.62. The summed E-state index contributed by atoms with van der Waals surface area (Å²) >= 11 is 0. The van der Waals surface area contributed by atoms with Gasteiger partial charge in [0.25, 0.3) is 0 Å². The minimum Gasteiger partial charge on any atom is -0.497 e. The minimum absolute atomic E-state index is 0.0417. The molecule has 0 saturated carbocycles. The summed E-state index contributed by atoms with van der Waals surface area (Å²) < 4.78 is 10.8. The number of methoxy groups -OCH3 is 1. The molecule has 0 saturated heterocycles. The lowest BCUT2D eigenvalue weighted by Gasteiger charge is -2.09. The first kappa shape index (κ1) is 12.5. The molecule has 0 amide bonds. The molecule has 2 aromatic carbocycles. The van der Waals surface area contributed by atoms with Gasteiger partial charge in [-0.1, -0.05) is 12.1 Å². The van der Waals surface area contributed by atoms with Gasteiger partial charge in [-0.25, -0.2) is 0 Å². The molecule has 0 aromatic heterocycles. The Hall–Kier alpha value is -2.00. The van der Waals surface area contributed by atoms with Crippen LogP contribution in [0.2, 0.25) is 0 Å². The van der Waals surface area contributed by atoms with Crippen molar-refractivity contribution in [1.29, 1.82) is 0 Å². The Labute approximate surface area is 107 Å². The van der Waals surface area contributed by atoms with E-state index in [0.717, 1.165) is 22.8 Å². The van der Waals surface area contributed by atoms with Gasteiger partial charge in [-0.2, -0.15) is 0 Å². The molecule has 1 atom stereocenters. The van der Waals surface area contributed by atoms with Crippen LogP contribution in [-0.2, 0) is 0 Å². The summed E-state index contributed by atoms with van der Waals surface area (Å²) in [5.74, 6) is 2.39. The van der Waals surface area contributed by atoms with Crippen LogP contribution in [0.4, 0.5) is 0 Å². The molecular formula is C15H17NO2. The number of hydrogen-bond donors (Lipinski definition) is 1. The molecule has 0 bridgehead atoms. The van der Waals surface area contributed by atoms with E-state index in [1.807, 2.05) is 55.5 Å². The van der Waals surface area contributed by atoms with Crippen molar-refractivity contribution in [3.63, 3.8) is 0 Å². The molecule has 2 rings (SSSR count). The van der Waals surface area contributed by atoms with Gasteiger partial charge in [0.1, 0.15) is 17.2 Å². The lowest BCUT2D eigenvalue weighted by molar-refractivity contribution is 0.413. The molecular weight excluding hydrogens is 226 g/mol. The Balaban J connectivity index is 2.08. The van der Waals surface area contributed by atoms with Crippen LogP contribution in [0.3, 0.4) is 0 Å². The smallest absolute Gasteiger partial charge is 0.127 e. The van der Waals surface area contributed by atoms with Gasteiger partial charge in [-0.05, 0) is 48.9 Å². The molecule has 18 heavy (non-hydrogen) atoms. The highest BCUT2D eigenvalue weighted by Crippen LogP contribution is 2.24. The molecule has 3 heteroatoms. The highest BCUT2D eigenvalue weighted by molar-refractivity contribution is 5.36. The maximum absolute atomic E-state index is 5.79. The molecule has 0 fully saturated rings. The summed E-state index contributed by atoms with van der Waals surface area (Å²) in [5.41, 5.74) is 6.89. The van der Waals surface area contributed by atoms with Crippen molar-refractivity contribution in [1.82, 2.24) is 0 Å². The summed E-state index contributed by atoms with van der Waals surface area (Å²) in [6.45, 7) is 1.96. The lowest BCUT2D eigenvalue weighted by atomic mass is 10.1. The average molecular weight is 243 g/mol. The first-order chi connectivity index (χ1) is 8.69. The number of benzene rings is 2. The molecule has 2 N–H and O–H groups in total. The zero-order valence-corrected chi connectivity index (χ0v) is 10.6. The van der Waals surface area contributed by atoms with Crippen LogP contribution in [0.5, 0.6) is 17.2 Å². The van der Waals surface area contributed by atoms with Crippen LogP contribution >= 0.6 is 0 Å². The molecule has 0 unspecified atom stereocenters. The summed E-state index contributed by atoms with van der Waals surface area (Å²) in [7, 11) is 1.64. The Kier molecular flexibility index (Phi) is 3.85. The van der Waals surface area contributed by atoms with E-state index in [1.54, 1.807) is 7.11 Å². The second kappa shape index (κ2) is 5.56. The monoisotopic (exact) mass is 243 g/mol. The van der Waals surface area contributed by atoms with E-state index in [-0.39, 0.29) is 6.04 Å². The Bertz CT molecular complexity index is 489. The third-order valence-electron chi connectivity index (χ3n) is 2.70. The third-order valence-corrected chi connectivity index (χ3v) is 2.70. The molecule has 94 valence electrons. The van der Waals surface area contributed by atoms with Crippen LogP contribution in [0.25, 0.3) is 0 Å². The molecule has 0 heterocycles. The van der Waals surface area contributed by atoms with Crippen LogP contribution < -0.4 is 15.2 Å². The lowest BCUT2D eigenvalue weighted by Crippen LogP contribution is -2.04. The van der Waals surface area contributed by atoms with E-state index in [1.165, 1.54) is 0 Å². The second-order valence-corrected chi connectivity index (χ2v) is 4.14. The molecule has 3 nitrogen and oxygen atoms in total. The van der Waals surface area contributed by atoms with Gasteiger partial charge in [0.2, 0.25) is 0 Å². The van der Waals surface area contributed by atoms with Crippen LogP contribution in [0.15, 0.2) is 48.5 Å². The van der Waals surface area contributed by atoms with Crippen LogP contribution in [0.1, 0.15) is 18.5 Å². The summed E-state index contributed by atoms with van der Waals surface area (Å²) in [5, 5.41) is 0. The average Bonchev–Trinajstić information content (AvgIpc) is 2.40. The fraction of sp³-hybridized carbons (Fsp3) is 0.200. The first-order valence-electron chi connectivity index (χ1n) is 5.86. The van der Waals surface area contributed by atoms with Crippen molar-refractivity contribution in [2.75, 3.05) is 7.11 Å². The highest BCUT2D eigenvalue weighted by atomic mass is 16.5. The standard InChI is InChI=1S/C15H17NO2/c1-11(16)12-3-5-14(6-4-12)18-15-9-7-13(17-2)8-10-15/h3-11H,16H2,1-2H3/t11-/m1/s1. The van der Waals surface area contributed by atoms with Crippen molar-refractivity contribution in [3.8, 4) is 17.2 Å². The Morgan fingerprint density at radius 3 is 1.72 bits per heavy atom. The zero-order valence-electron chi connectivity index (χ0n) is 10.6. The first-order valence-corrected chi connectivity index (χ1v) is 5.86. The van der Waals surface area contributed by atoms with Gasteiger partial charge in [-0.3, -0.25) is 0 Å². The molecule has 0 radical (unpaired) electrons. The largest absolute Gasteiger partial charge is 0.497 e. The zero-order chi connectivity index (χ0) is 13.0. The number of hydrogen-bond acceptors (Lipinski definition) is 3. The van der Waals surface area contributed by atoms with Crippen molar-refractivity contribution < 1.29 is 9.47 Å². The maximum Gasteiger partial charge on any atom is 0.127 e. The molecule has 0 aliphatic heterocycles. The number of ether oxygens (including phenoxy) is 2. The topological polar surface area (TPSA) is 44.5 Å². The van der Waals surface area contributed by atoms with Crippen molar-refractivity contribution in [2.45, 2.75) is 13.0 Å². The van der Waals surface area contributed by atoms with Crippen LogP contribution in [0, 0.1) is 0 Å². The van der Waals surface area contributed by atoms with Crippen molar-refractivity contribution >= 4 is 0 Å². The Morgan fingerprint density at radius 1 is 0.833 bits per heavy atom. The van der Waals surface area contributed by atoms with Gasteiger partial charge in [-0.15, -0.1) is 0 Å².